The smallest absolute Gasteiger partial charge is 0.124 e. The first-order chi connectivity index (χ1) is 8.28. The lowest BCUT2D eigenvalue weighted by atomic mass is 10.1. The number of ether oxygens (including phenoxy) is 2. The van der Waals surface area contributed by atoms with E-state index in [0.29, 0.717) is 25.4 Å². The molecular formula is C13H13FO3. The van der Waals surface area contributed by atoms with Gasteiger partial charge in [-0.2, -0.15) is 0 Å². The molecule has 0 bridgehead atoms. The quantitative estimate of drug-likeness (QED) is 0.798. The van der Waals surface area contributed by atoms with Gasteiger partial charge in [-0.1, -0.05) is 11.8 Å². The lowest BCUT2D eigenvalue weighted by Gasteiger charge is -2.25. The van der Waals surface area contributed by atoms with Gasteiger partial charge in [-0.3, -0.25) is 0 Å². The Labute approximate surface area is 99.2 Å². The van der Waals surface area contributed by atoms with Gasteiger partial charge in [0.15, 0.2) is 0 Å². The van der Waals surface area contributed by atoms with Gasteiger partial charge >= 0.3 is 0 Å². The second-order valence-corrected chi connectivity index (χ2v) is 3.78. The van der Waals surface area contributed by atoms with Gasteiger partial charge in [-0.05, 0) is 23.8 Å². The third-order valence-electron chi connectivity index (χ3n) is 2.36. The molecule has 2 rings (SSSR count). The number of halogens is 1. The van der Waals surface area contributed by atoms with Crippen molar-refractivity contribution >= 4 is 0 Å². The first-order valence-corrected chi connectivity index (χ1v) is 5.36. The van der Waals surface area contributed by atoms with Crippen molar-refractivity contribution in [2.75, 3.05) is 19.8 Å². The maximum atomic E-state index is 13.3. The Kier molecular flexibility index (Phi) is 4.10. The van der Waals surface area contributed by atoms with Gasteiger partial charge in [-0.15, -0.1) is 0 Å². The van der Waals surface area contributed by atoms with E-state index in [1.165, 1.54) is 12.1 Å². The summed E-state index contributed by atoms with van der Waals surface area (Å²) in [5.74, 6) is 4.81. The van der Waals surface area contributed by atoms with E-state index >= 15 is 0 Å². The van der Waals surface area contributed by atoms with Crippen LogP contribution in [0.1, 0.15) is 11.1 Å². The third kappa shape index (κ3) is 3.53. The highest BCUT2D eigenvalue weighted by molar-refractivity contribution is 5.37. The number of benzene rings is 1. The van der Waals surface area contributed by atoms with E-state index in [2.05, 4.69) is 11.8 Å². The first kappa shape index (κ1) is 12.1. The number of hydrogen-bond donors (Lipinski definition) is 1. The Morgan fingerprint density at radius 1 is 1.41 bits per heavy atom. The number of hydrogen-bond acceptors (Lipinski definition) is 3. The molecule has 0 unspecified atom stereocenters. The molecule has 0 amide bonds. The summed E-state index contributed by atoms with van der Waals surface area (Å²) in [5.41, 5.74) is 1.28. The maximum Gasteiger partial charge on any atom is 0.124 e. The van der Waals surface area contributed by atoms with E-state index in [-0.39, 0.29) is 18.5 Å². The van der Waals surface area contributed by atoms with Gasteiger partial charge in [0.1, 0.15) is 18.5 Å². The Balaban J connectivity index is 2.02. The zero-order chi connectivity index (χ0) is 12.1. The Hall–Kier alpha value is -1.41. The molecule has 1 saturated heterocycles. The molecule has 1 aliphatic heterocycles. The molecule has 4 heteroatoms. The molecule has 0 aliphatic carbocycles. The predicted octanol–water partition coefficient (Wildman–Crippen LogP) is 1.08. The van der Waals surface area contributed by atoms with Gasteiger partial charge < -0.3 is 14.6 Å². The molecule has 0 saturated carbocycles. The normalized spacial score (nSPS) is 14.9. The summed E-state index contributed by atoms with van der Waals surface area (Å²) in [6, 6.07) is 4.51. The lowest BCUT2D eigenvalue weighted by Crippen LogP contribution is -2.35. The molecule has 1 aromatic rings. The van der Waals surface area contributed by atoms with E-state index < -0.39 is 0 Å². The molecular weight excluding hydrogens is 223 g/mol. The lowest BCUT2D eigenvalue weighted by molar-refractivity contribution is -0.135. The third-order valence-corrected chi connectivity index (χ3v) is 2.36. The van der Waals surface area contributed by atoms with E-state index in [1.54, 1.807) is 6.07 Å². The topological polar surface area (TPSA) is 38.7 Å². The number of aliphatic hydroxyl groups is 1. The predicted molar refractivity (Wildman–Crippen MR) is 59.8 cm³/mol. The Bertz CT molecular complexity index is 444. The van der Waals surface area contributed by atoms with Crippen LogP contribution in [0.25, 0.3) is 0 Å². The molecule has 1 fully saturated rings. The van der Waals surface area contributed by atoms with Crippen LogP contribution in [-0.2, 0) is 16.1 Å². The number of rotatable bonds is 3. The molecule has 1 heterocycles. The summed E-state index contributed by atoms with van der Waals surface area (Å²) in [5, 5.41) is 8.58. The minimum atomic E-state index is -0.349. The summed E-state index contributed by atoms with van der Waals surface area (Å²) in [6.45, 7) is 1.32. The zero-order valence-corrected chi connectivity index (χ0v) is 9.28. The molecule has 1 aromatic carbocycles. The summed E-state index contributed by atoms with van der Waals surface area (Å²) in [6.07, 6.45) is 0.116. The SMILES string of the molecule is OCC#Cc1cc(F)cc(COC2COC2)c1. The van der Waals surface area contributed by atoms with E-state index in [1.807, 2.05) is 0 Å². The van der Waals surface area contributed by atoms with Crippen LogP contribution in [0.4, 0.5) is 4.39 Å². The van der Waals surface area contributed by atoms with Crippen LogP contribution in [-0.4, -0.2) is 31.0 Å². The molecule has 0 aromatic heterocycles. The van der Waals surface area contributed by atoms with Crippen LogP contribution in [0.5, 0.6) is 0 Å². The highest BCUT2D eigenvalue weighted by Gasteiger charge is 2.18. The van der Waals surface area contributed by atoms with Gasteiger partial charge in [0.05, 0.1) is 19.8 Å². The van der Waals surface area contributed by atoms with Gasteiger partial charge in [-0.25, -0.2) is 4.39 Å². The molecule has 1 aliphatic rings. The van der Waals surface area contributed by atoms with Crippen LogP contribution in [0.15, 0.2) is 18.2 Å². The minimum Gasteiger partial charge on any atom is -0.384 e. The van der Waals surface area contributed by atoms with E-state index in [0.717, 1.165) is 5.56 Å². The molecule has 0 radical (unpaired) electrons. The minimum absolute atomic E-state index is 0.116. The van der Waals surface area contributed by atoms with Crippen molar-refractivity contribution < 1.29 is 19.0 Å². The summed E-state index contributed by atoms with van der Waals surface area (Å²) in [4.78, 5) is 0. The molecule has 0 spiro atoms. The van der Waals surface area contributed by atoms with Crippen molar-refractivity contribution in [1.82, 2.24) is 0 Å². The number of aliphatic hydroxyl groups excluding tert-OH is 1. The van der Waals surface area contributed by atoms with Crippen molar-refractivity contribution in [3.63, 3.8) is 0 Å². The van der Waals surface area contributed by atoms with Crippen LogP contribution in [0.3, 0.4) is 0 Å². The van der Waals surface area contributed by atoms with Gasteiger partial charge in [0.25, 0.3) is 0 Å². The van der Waals surface area contributed by atoms with Crippen LogP contribution >= 0.6 is 0 Å². The summed E-state index contributed by atoms with van der Waals surface area (Å²) < 4.78 is 23.7. The molecule has 17 heavy (non-hydrogen) atoms. The van der Waals surface area contributed by atoms with E-state index in [9.17, 15) is 4.39 Å². The van der Waals surface area contributed by atoms with Crippen LogP contribution < -0.4 is 0 Å². The Morgan fingerprint density at radius 3 is 2.88 bits per heavy atom. The highest BCUT2D eigenvalue weighted by Crippen LogP contribution is 2.13. The zero-order valence-electron chi connectivity index (χ0n) is 9.28. The van der Waals surface area contributed by atoms with E-state index in [4.69, 9.17) is 14.6 Å². The first-order valence-electron chi connectivity index (χ1n) is 5.36. The van der Waals surface area contributed by atoms with Gasteiger partial charge in [0.2, 0.25) is 0 Å². The van der Waals surface area contributed by atoms with Crippen molar-refractivity contribution in [1.29, 1.82) is 0 Å². The summed E-state index contributed by atoms with van der Waals surface area (Å²) in [7, 11) is 0. The fourth-order valence-electron chi connectivity index (χ4n) is 1.47. The standard InChI is InChI=1S/C13H13FO3/c14-12-5-10(2-1-3-15)4-11(6-12)7-17-13-8-16-9-13/h4-6,13,15H,3,7-9H2. The van der Waals surface area contributed by atoms with Crippen molar-refractivity contribution in [2.24, 2.45) is 0 Å². The fraction of sp³-hybridized carbons (Fsp3) is 0.385. The van der Waals surface area contributed by atoms with Crippen molar-refractivity contribution in [2.45, 2.75) is 12.7 Å². The second-order valence-electron chi connectivity index (χ2n) is 3.78. The maximum absolute atomic E-state index is 13.3. The van der Waals surface area contributed by atoms with Crippen LogP contribution in [0, 0.1) is 17.7 Å². The molecule has 3 nitrogen and oxygen atoms in total. The molecule has 1 N–H and O–H groups in total. The highest BCUT2D eigenvalue weighted by atomic mass is 19.1. The molecule has 90 valence electrons. The summed E-state index contributed by atoms with van der Waals surface area (Å²) >= 11 is 0. The van der Waals surface area contributed by atoms with Gasteiger partial charge in [0, 0.05) is 5.56 Å². The fourth-order valence-corrected chi connectivity index (χ4v) is 1.47. The average molecular weight is 236 g/mol. The van der Waals surface area contributed by atoms with Crippen LogP contribution in [0.2, 0.25) is 0 Å². The van der Waals surface area contributed by atoms with Crippen molar-refractivity contribution in [3.8, 4) is 11.8 Å². The average Bonchev–Trinajstić information content (AvgIpc) is 2.23. The van der Waals surface area contributed by atoms with Crippen molar-refractivity contribution in [3.05, 3.63) is 35.1 Å². The second kappa shape index (κ2) is 5.78. The Morgan fingerprint density at radius 2 is 2.24 bits per heavy atom. The monoisotopic (exact) mass is 236 g/mol. The molecule has 0 atom stereocenters. The largest absolute Gasteiger partial charge is 0.384 e.